The highest BCUT2D eigenvalue weighted by Gasteiger charge is 2.11. The molecule has 5 nitrogen and oxygen atoms in total. The number of rotatable bonds is 6. The molecule has 0 aliphatic heterocycles. The first-order valence-electron chi connectivity index (χ1n) is 6.20. The zero-order valence-corrected chi connectivity index (χ0v) is 11.3. The number of nitrogens with one attached hydrogen (secondary N) is 2. The standard InChI is InChI=1S/C13H21FN4O/c1-10(11-6-3-4-7-12(11)14)17-13(18-15)16-8-5-9-19-2/h3-4,6-7,10H,5,8-9,15H2,1-2H3,(H2,16,17,18). The van der Waals surface area contributed by atoms with Gasteiger partial charge >= 0.3 is 0 Å². The third-order valence-corrected chi connectivity index (χ3v) is 2.64. The summed E-state index contributed by atoms with van der Waals surface area (Å²) in [6.07, 6.45) is 0.803. The number of nitrogens with zero attached hydrogens (tertiary/aromatic N) is 1. The first kappa shape index (κ1) is 15.4. The fourth-order valence-corrected chi connectivity index (χ4v) is 1.64. The summed E-state index contributed by atoms with van der Waals surface area (Å²) in [7, 11) is 1.64. The molecular weight excluding hydrogens is 247 g/mol. The zero-order valence-electron chi connectivity index (χ0n) is 11.3. The number of hydrazine groups is 1. The van der Waals surface area contributed by atoms with Crippen molar-refractivity contribution in [1.29, 1.82) is 0 Å². The lowest BCUT2D eigenvalue weighted by molar-refractivity contribution is 0.197. The number of aliphatic imine (C=N–C) groups is 1. The molecule has 0 amide bonds. The molecule has 1 unspecified atom stereocenters. The second-order valence-electron chi connectivity index (χ2n) is 4.11. The smallest absolute Gasteiger partial charge is 0.206 e. The zero-order chi connectivity index (χ0) is 14.1. The Bertz CT molecular complexity index is 411. The van der Waals surface area contributed by atoms with Gasteiger partial charge in [0.15, 0.2) is 0 Å². The average molecular weight is 268 g/mol. The summed E-state index contributed by atoms with van der Waals surface area (Å²) in [5.41, 5.74) is 3.05. The summed E-state index contributed by atoms with van der Waals surface area (Å²) in [6.45, 7) is 3.08. The van der Waals surface area contributed by atoms with E-state index in [1.807, 2.05) is 6.92 Å². The van der Waals surface area contributed by atoms with Crippen LogP contribution in [-0.4, -0.2) is 26.2 Å². The monoisotopic (exact) mass is 268 g/mol. The van der Waals surface area contributed by atoms with Gasteiger partial charge in [0.05, 0.1) is 6.04 Å². The molecule has 1 aromatic carbocycles. The minimum absolute atomic E-state index is 0.224. The van der Waals surface area contributed by atoms with E-state index in [1.165, 1.54) is 6.07 Å². The van der Waals surface area contributed by atoms with Crippen LogP contribution in [0.2, 0.25) is 0 Å². The summed E-state index contributed by atoms with van der Waals surface area (Å²) in [5.74, 6) is 5.57. The second-order valence-corrected chi connectivity index (χ2v) is 4.11. The largest absolute Gasteiger partial charge is 0.385 e. The number of methoxy groups -OCH3 is 1. The van der Waals surface area contributed by atoms with E-state index in [-0.39, 0.29) is 11.9 Å². The van der Waals surface area contributed by atoms with E-state index in [0.717, 1.165) is 6.42 Å². The fraction of sp³-hybridized carbons (Fsp3) is 0.462. The molecule has 0 heterocycles. The first-order valence-corrected chi connectivity index (χ1v) is 6.20. The summed E-state index contributed by atoms with van der Waals surface area (Å²) in [6, 6.07) is 6.39. The Kier molecular flexibility index (Phi) is 6.84. The Morgan fingerprint density at radius 2 is 2.21 bits per heavy atom. The van der Waals surface area contributed by atoms with Crippen LogP contribution >= 0.6 is 0 Å². The van der Waals surface area contributed by atoms with E-state index in [9.17, 15) is 4.39 Å². The van der Waals surface area contributed by atoms with Gasteiger partial charge in [-0.3, -0.25) is 10.4 Å². The molecule has 6 heteroatoms. The van der Waals surface area contributed by atoms with Crippen molar-refractivity contribution in [2.75, 3.05) is 20.3 Å². The number of ether oxygens (including phenoxy) is 1. The van der Waals surface area contributed by atoms with Gasteiger partial charge in [0.25, 0.3) is 0 Å². The van der Waals surface area contributed by atoms with Crippen molar-refractivity contribution in [2.24, 2.45) is 10.8 Å². The summed E-state index contributed by atoms with van der Waals surface area (Å²) < 4.78 is 18.5. The maximum absolute atomic E-state index is 13.6. The average Bonchev–Trinajstić information content (AvgIpc) is 2.42. The topological polar surface area (TPSA) is 71.7 Å². The molecule has 0 aliphatic carbocycles. The molecular formula is C13H21FN4O. The van der Waals surface area contributed by atoms with E-state index < -0.39 is 0 Å². The number of hydrogen-bond acceptors (Lipinski definition) is 3. The lowest BCUT2D eigenvalue weighted by Gasteiger charge is -2.17. The van der Waals surface area contributed by atoms with Crippen molar-refractivity contribution in [3.8, 4) is 0 Å². The van der Waals surface area contributed by atoms with Crippen molar-refractivity contribution < 1.29 is 9.13 Å². The van der Waals surface area contributed by atoms with Crippen LogP contribution in [0.3, 0.4) is 0 Å². The maximum atomic E-state index is 13.6. The summed E-state index contributed by atoms with van der Waals surface area (Å²) >= 11 is 0. The highest BCUT2D eigenvalue weighted by molar-refractivity contribution is 5.79. The Morgan fingerprint density at radius 3 is 2.84 bits per heavy atom. The maximum Gasteiger partial charge on any atom is 0.206 e. The van der Waals surface area contributed by atoms with Gasteiger partial charge in [0.1, 0.15) is 5.82 Å². The molecule has 1 atom stereocenters. The van der Waals surface area contributed by atoms with Crippen LogP contribution in [-0.2, 0) is 4.74 Å². The van der Waals surface area contributed by atoms with Gasteiger partial charge in [0, 0.05) is 25.8 Å². The Hall–Kier alpha value is -1.66. The number of halogens is 1. The van der Waals surface area contributed by atoms with Gasteiger partial charge in [-0.05, 0) is 19.4 Å². The Morgan fingerprint density at radius 1 is 1.47 bits per heavy atom. The molecule has 19 heavy (non-hydrogen) atoms. The molecule has 0 radical (unpaired) electrons. The number of guanidine groups is 1. The van der Waals surface area contributed by atoms with E-state index in [0.29, 0.717) is 24.7 Å². The third kappa shape index (κ3) is 5.23. The summed E-state index contributed by atoms with van der Waals surface area (Å²) in [4.78, 5) is 4.24. The van der Waals surface area contributed by atoms with Gasteiger partial charge in [-0.1, -0.05) is 18.2 Å². The fourth-order valence-electron chi connectivity index (χ4n) is 1.64. The summed E-state index contributed by atoms with van der Waals surface area (Å²) in [5, 5.41) is 3.03. The molecule has 0 spiro atoms. The minimum atomic E-state index is -0.252. The van der Waals surface area contributed by atoms with E-state index in [1.54, 1.807) is 25.3 Å². The van der Waals surface area contributed by atoms with Gasteiger partial charge < -0.3 is 10.1 Å². The molecule has 106 valence electrons. The SMILES string of the molecule is COCCCN=C(NN)NC(C)c1ccccc1F. The normalized spacial score (nSPS) is 13.2. The van der Waals surface area contributed by atoms with Crippen LogP contribution in [0.1, 0.15) is 24.9 Å². The minimum Gasteiger partial charge on any atom is -0.385 e. The lowest BCUT2D eigenvalue weighted by atomic mass is 10.1. The van der Waals surface area contributed by atoms with Crippen LogP contribution in [0, 0.1) is 5.82 Å². The van der Waals surface area contributed by atoms with Crippen LogP contribution in [0.15, 0.2) is 29.3 Å². The molecule has 1 rings (SSSR count). The highest BCUT2D eigenvalue weighted by Crippen LogP contribution is 2.15. The van der Waals surface area contributed by atoms with Gasteiger partial charge in [-0.2, -0.15) is 0 Å². The molecule has 0 saturated heterocycles. The van der Waals surface area contributed by atoms with E-state index in [4.69, 9.17) is 10.6 Å². The van der Waals surface area contributed by atoms with Gasteiger partial charge in [-0.25, -0.2) is 10.2 Å². The number of benzene rings is 1. The molecule has 0 aromatic heterocycles. The highest BCUT2D eigenvalue weighted by atomic mass is 19.1. The van der Waals surface area contributed by atoms with Crippen molar-refractivity contribution in [3.63, 3.8) is 0 Å². The van der Waals surface area contributed by atoms with Crippen molar-refractivity contribution in [3.05, 3.63) is 35.6 Å². The van der Waals surface area contributed by atoms with E-state index >= 15 is 0 Å². The second kappa shape index (κ2) is 8.44. The molecule has 4 N–H and O–H groups in total. The van der Waals surface area contributed by atoms with Crippen LogP contribution < -0.4 is 16.6 Å². The molecule has 1 aromatic rings. The van der Waals surface area contributed by atoms with Gasteiger partial charge in [-0.15, -0.1) is 0 Å². The van der Waals surface area contributed by atoms with Crippen molar-refractivity contribution in [2.45, 2.75) is 19.4 Å². The van der Waals surface area contributed by atoms with Crippen LogP contribution in [0.5, 0.6) is 0 Å². The van der Waals surface area contributed by atoms with Crippen molar-refractivity contribution >= 4 is 5.96 Å². The van der Waals surface area contributed by atoms with Crippen LogP contribution in [0.25, 0.3) is 0 Å². The molecule has 0 bridgehead atoms. The van der Waals surface area contributed by atoms with E-state index in [2.05, 4.69) is 15.7 Å². The quantitative estimate of drug-likeness (QED) is 0.239. The molecule has 0 saturated carbocycles. The number of nitrogens with two attached hydrogens (primary N) is 1. The van der Waals surface area contributed by atoms with Gasteiger partial charge in [0.2, 0.25) is 5.96 Å². The number of hydrogen-bond donors (Lipinski definition) is 3. The first-order chi connectivity index (χ1) is 9.19. The predicted octanol–water partition coefficient (Wildman–Crippen LogP) is 1.33. The lowest BCUT2D eigenvalue weighted by Crippen LogP contribution is -2.43. The Balaban J connectivity index is 2.58. The van der Waals surface area contributed by atoms with Crippen LogP contribution in [0.4, 0.5) is 4.39 Å². The predicted molar refractivity (Wildman–Crippen MR) is 74.1 cm³/mol. The molecule has 0 aliphatic rings. The Labute approximate surface area is 113 Å². The third-order valence-electron chi connectivity index (χ3n) is 2.64. The molecule has 0 fully saturated rings. The van der Waals surface area contributed by atoms with Crippen molar-refractivity contribution in [1.82, 2.24) is 10.7 Å².